The van der Waals surface area contributed by atoms with Crippen LogP contribution in [0.4, 0.5) is 0 Å². The first kappa shape index (κ1) is 103. The van der Waals surface area contributed by atoms with E-state index in [-0.39, 0.29) is 25.7 Å². The third kappa shape index (κ3) is 78.5. The minimum atomic E-state index is -4.97. The highest BCUT2D eigenvalue weighted by Gasteiger charge is 2.30. The molecule has 3 unspecified atom stereocenters. The van der Waals surface area contributed by atoms with Crippen LogP contribution in [0.5, 0.6) is 0 Å². The van der Waals surface area contributed by atoms with Crippen molar-refractivity contribution in [3.8, 4) is 0 Å². The lowest BCUT2D eigenvalue weighted by Gasteiger charge is -2.21. The molecule has 6 atom stereocenters. The van der Waals surface area contributed by atoms with Crippen molar-refractivity contribution >= 4 is 39.5 Å². The smallest absolute Gasteiger partial charge is 0.462 e. The Morgan fingerprint density at radius 1 is 0.276 bits per heavy atom. The third-order valence-electron chi connectivity index (χ3n) is 20.5. The molecule has 0 rings (SSSR count). The Labute approximate surface area is 645 Å². The second-order valence-corrected chi connectivity index (χ2v) is 35.0. The van der Waals surface area contributed by atoms with Crippen molar-refractivity contribution in [1.82, 2.24) is 0 Å². The van der Waals surface area contributed by atoms with Crippen LogP contribution < -0.4 is 0 Å². The third-order valence-corrected chi connectivity index (χ3v) is 22.4. The number of carbonyl (C=O) groups is 4. The molecule has 19 heteroatoms. The molecule has 105 heavy (non-hydrogen) atoms. The van der Waals surface area contributed by atoms with Gasteiger partial charge in [0, 0.05) is 25.7 Å². The van der Waals surface area contributed by atoms with Crippen molar-refractivity contribution < 1.29 is 80.2 Å². The highest BCUT2D eigenvalue weighted by Crippen LogP contribution is 2.45. The predicted octanol–water partition coefficient (Wildman–Crippen LogP) is 26.1. The molecule has 0 aromatic rings. The highest BCUT2D eigenvalue weighted by molar-refractivity contribution is 7.47. The summed E-state index contributed by atoms with van der Waals surface area (Å²) >= 11 is 0. The maximum absolute atomic E-state index is 13.1. The van der Waals surface area contributed by atoms with Gasteiger partial charge >= 0.3 is 39.5 Å². The summed E-state index contributed by atoms with van der Waals surface area (Å²) < 4.78 is 68.9. The average molecular weight is 1540 g/mol. The molecule has 624 valence electrons. The van der Waals surface area contributed by atoms with Gasteiger partial charge in [0.15, 0.2) is 12.2 Å². The molecule has 17 nitrogen and oxygen atoms in total. The quantitative estimate of drug-likeness (QED) is 0.0222. The summed E-state index contributed by atoms with van der Waals surface area (Å²) in [5.41, 5.74) is 0. The number of hydrogen-bond acceptors (Lipinski definition) is 15. The Kier molecular flexibility index (Phi) is 74.7. The first-order valence-electron chi connectivity index (χ1n) is 44.4. The Hall–Kier alpha value is -1.94. The van der Waals surface area contributed by atoms with Crippen LogP contribution in [0.3, 0.4) is 0 Å². The number of rotatable bonds is 84. The lowest BCUT2D eigenvalue weighted by atomic mass is 9.99. The molecule has 0 bridgehead atoms. The lowest BCUT2D eigenvalue weighted by Crippen LogP contribution is -2.30. The van der Waals surface area contributed by atoms with Gasteiger partial charge in [-0.3, -0.25) is 37.3 Å². The largest absolute Gasteiger partial charge is 0.472 e. The summed E-state index contributed by atoms with van der Waals surface area (Å²) in [6, 6.07) is 0. The molecular weight excluding hydrogens is 1370 g/mol. The number of phosphoric acid groups is 2. The van der Waals surface area contributed by atoms with E-state index in [1.54, 1.807) is 0 Å². The van der Waals surface area contributed by atoms with E-state index in [9.17, 15) is 43.2 Å². The minimum Gasteiger partial charge on any atom is -0.462 e. The molecule has 0 aliphatic rings. The first-order valence-corrected chi connectivity index (χ1v) is 47.4. The summed E-state index contributed by atoms with van der Waals surface area (Å²) in [7, 11) is -9.93. The van der Waals surface area contributed by atoms with Gasteiger partial charge < -0.3 is 33.8 Å². The zero-order valence-corrected chi connectivity index (χ0v) is 71.0. The number of carbonyl (C=O) groups excluding carboxylic acids is 4. The Morgan fingerprint density at radius 3 is 0.724 bits per heavy atom. The molecule has 0 heterocycles. The van der Waals surface area contributed by atoms with Gasteiger partial charge in [0.2, 0.25) is 0 Å². The number of unbranched alkanes of at least 4 members (excludes halogenated alkanes) is 51. The van der Waals surface area contributed by atoms with Crippen molar-refractivity contribution in [2.24, 2.45) is 17.8 Å². The van der Waals surface area contributed by atoms with Crippen LogP contribution in [-0.4, -0.2) is 96.7 Å². The predicted molar refractivity (Wildman–Crippen MR) is 432 cm³/mol. The number of esters is 4. The van der Waals surface area contributed by atoms with Crippen molar-refractivity contribution in [2.75, 3.05) is 39.6 Å². The molecule has 0 spiro atoms. The molecule has 0 aromatic heterocycles. The number of hydrogen-bond donors (Lipinski definition) is 3. The number of phosphoric ester groups is 2. The lowest BCUT2D eigenvalue weighted by molar-refractivity contribution is -0.161. The van der Waals surface area contributed by atoms with Crippen LogP contribution in [0.25, 0.3) is 0 Å². The standard InChI is InChI=1S/C86H168O17P2/c1-8-10-11-12-13-14-15-16-21-27-33-40-48-55-62-69-85(90)103-82(74-97-84(89)68-61-54-47-42-35-37-44-51-58-65-78(5)6)76-101-105(94,95)99-72-80(87)71-98-104(92,93)100-75-81(73-96-83(88)67-60-53-46-39-32-29-24-25-30-36-43-50-57-64-77(3)4)102-86(91)70-63-56-49-41-34-28-23-20-18-17-19-22-26-31-38-45-52-59-66-79(7)9-2/h77-82,87H,8-76H2,1-7H3,(H,92,93)(H,94,95)/t79?,80-,81-,82-/m1/s1. The van der Waals surface area contributed by atoms with E-state index in [1.165, 1.54) is 263 Å². The second-order valence-electron chi connectivity index (χ2n) is 32.1. The monoisotopic (exact) mass is 1540 g/mol. The van der Waals surface area contributed by atoms with Gasteiger partial charge in [-0.05, 0) is 43.4 Å². The van der Waals surface area contributed by atoms with Crippen LogP contribution in [0.2, 0.25) is 0 Å². The van der Waals surface area contributed by atoms with E-state index in [4.69, 9.17) is 37.0 Å². The number of ether oxygens (including phenoxy) is 4. The molecular formula is C86H168O17P2. The van der Waals surface area contributed by atoms with Crippen LogP contribution >= 0.6 is 15.6 Å². The maximum Gasteiger partial charge on any atom is 0.472 e. The molecule has 0 amide bonds. The van der Waals surface area contributed by atoms with E-state index >= 15 is 0 Å². The Bertz CT molecular complexity index is 2030. The Morgan fingerprint density at radius 2 is 0.486 bits per heavy atom. The molecule has 0 aliphatic heterocycles. The molecule has 0 aromatic carbocycles. The van der Waals surface area contributed by atoms with Crippen molar-refractivity contribution in [1.29, 1.82) is 0 Å². The van der Waals surface area contributed by atoms with Crippen LogP contribution in [0, 0.1) is 17.8 Å². The topological polar surface area (TPSA) is 237 Å². The van der Waals surface area contributed by atoms with Crippen molar-refractivity contribution in [2.45, 2.75) is 471 Å². The summed E-state index contributed by atoms with van der Waals surface area (Å²) in [6.07, 6.45) is 66.5. The van der Waals surface area contributed by atoms with E-state index in [1.807, 2.05) is 0 Å². The van der Waals surface area contributed by atoms with E-state index < -0.39 is 97.5 Å². The van der Waals surface area contributed by atoms with Crippen LogP contribution in [0.1, 0.15) is 453 Å². The normalized spacial score (nSPS) is 14.1. The van der Waals surface area contributed by atoms with Crippen molar-refractivity contribution in [3.63, 3.8) is 0 Å². The van der Waals surface area contributed by atoms with Gasteiger partial charge in [-0.1, -0.05) is 402 Å². The minimum absolute atomic E-state index is 0.108. The van der Waals surface area contributed by atoms with Gasteiger partial charge in [0.25, 0.3) is 0 Å². The zero-order chi connectivity index (χ0) is 77.2. The average Bonchev–Trinajstić information content (AvgIpc) is 0.908. The van der Waals surface area contributed by atoms with Gasteiger partial charge in [0.1, 0.15) is 19.3 Å². The molecule has 0 saturated heterocycles. The molecule has 0 fully saturated rings. The van der Waals surface area contributed by atoms with E-state index in [2.05, 4.69) is 48.5 Å². The fraction of sp³-hybridized carbons (Fsp3) is 0.953. The first-order chi connectivity index (χ1) is 50.8. The van der Waals surface area contributed by atoms with Crippen LogP contribution in [0.15, 0.2) is 0 Å². The fourth-order valence-corrected chi connectivity index (χ4v) is 14.9. The molecule has 3 N–H and O–H groups in total. The van der Waals surface area contributed by atoms with E-state index in [0.29, 0.717) is 25.7 Å². The SMILES string of the molecule is CCCCCCCCCCCCCCCCCC(=O)O[C@H](COC(=O)CCCCCCCCCCCC(C)C)COP(=O)(O)OC[C@H](O)COP(=O)(O)OC[C@@H](COC(=O)CCCCCCCCCCCCCCCC(C)C)OC(=O)CCCCCCCCCCCCCCCCCCCCC(C)CC. The summed E-state index contributed by atoms with van der Waals surface area (Å²) in [5.74, 6) is 0.303. The number of aliphatic hydroxyl groups excluding tert-OH is 1. The molecule has 0 saturated carbocycles. The van der Waals surface area contributed by atoms with Gasteiger partial charge in [-0.25, -0.2) is 9.13 Å². The van der Waals surface area contributed by atoms with Gasteiger partial charge in [-0.15, -0.1) is 0 Å². The van der Waals surface area contributed by atoms with Crippen LogP contribution in [-0.2, 0) is 65.4 Å². The fourth-order valence-electron chi connectivity index (χ4n) is 13.3. The Balaban J connectivity index is 5.24. The van der Waals surface area contributed by atoms with Gasteiger partial charge in [0.05, 0.1) is 26.4 Å². The zero-order valence-electron chi connectivity index (χ0n) is 69.2. The summed E-state index contributed by atoms with van der Waals surface area (Å²) in [4.78, 5) is 73.2. The second kappa shape index (κ2) is 76.1. The highest BCUT2D eigenvalue weighted by atomic mass is 31.2. The van der Waals surface area contributed by atoms with Crippen molar-refractivity contribution in [3.05, 3.63) is 0 Å². The van der Waals surface area contributed by atoms with Gasteiger partial charge in [-0.2, -0.15) is 0 Å². The maximum atomic E-state index is 13.1. The molecule has 0 radical (unpaired) electrons. The summed E-state index contributed by atoms with van der Waals surface area (Å²) in [6.45, 7) is 12.0. The molecule has 0 aliphatic carbocycles. The summed E-state index contributed by atoms with van der Waals surface area (Å²) in [5, 5.41) is 10.7. The number of aliphatic hydroxyl groups is 1. The van der Waals surface area contributed by atoms with E-state index in [0.717, 1.165) is 108 Å².